The number of halogens is 1. The van der Waals surface area contributed by atoms with Crippen molar-refractivity contribution in [2.45, 2.75) is 31.4 Å². The Labute approximate surface area is 117 Å². The van der Waals surface area contributed by atoms with Crippen molar-refractivity contribution in [3.05, 3.63) is 29.1 Å². The van der Waals surface area contributed by atoms with E-state index < -0.39 is 5.82 Å². The molecule has 1 amide bonds. The first-order chi connectivity index (χ1) is 8.91. The Morgan fingerprint density at radius 2 is 2.32 bits per heavy atom. The zero-order valence-corrected chi connectivity index (χ0v) is 12.1. The van der Waals surface area contributed by atoms with Crippen LogP contribution in [0.3, 0.4) is 0 Å². The minimum atomic E-state index is -0.438. The third-order valence-corrected chi connectivity index (χ3v) is 5.11. The lowest BCUT2D eigenvalue weighted by atomic mass is 10.1. The van der Waals surface area contributed by atoms with Crippen molar-refractivity contribution in [1.29, 1.82) is 0 Å². The summed E-state index contributed by atoms with van der Waals surface area (Å²) in [5.74, 6) is 0.435. The maximum atomic E-state index is 13.6. The quantitative estimate of drug-likeness (QED) is 0.838. The second-order valence-electron chi connectivity index (χ2n) is 5.26. The number of anilines is 1. The predicted octanol–water partition coefficient (Wildman–Crippen LogP) is 2.73. The fraction of sp³-hybridized carbons (Fsp3) is 0.500. The summed E-state index contributed by atoms with van der Waals surface area (Å²) in [5, 5.41) is 2.87. The van der Waals surface area contributed by atoms with Gasteiger partial charge < -0.3 is 11.1 Å². The SMILES string of the molecule is Cc1c(N)cc(C(=O)NCC2(C)CCCS2)cc1F. The van der Waals surface area contributed by atoms with Gasteiger partial charge in [0, 0.05) is 28.1 Å². The normalized spacial score (nSPS) is 22.5. The van der Waals surface area contributed by atoms with E-state index in [1.165, 1.54) is 18.6 Å². The van der Waals surface area contributed by atoms with E-state index in [-0.39, 0.29) is 16.2 Å². The van der Waals surface area contributed by atoms with Gasteiger partial charge in [0.2, 0.25) is 0 Å². The average Bonchev–Trinajstić information content (AvgIpc) is 2.80. The monoisotopic (exact) mass is 282 g/mol. The van der Waals surface area contributed by atoms with Crippen molar-refractivity contribution in [2.24, 2.45) is 0 Å². The average molecular weight is 282 g/mol. The molecular formula is C14H19FN2OS. The number of hydrogen-bond acceptors (Lipinski definition) is 3. The Kier molecular flexibility index (Phi) is 4.04. The lowest BCUT2D eigenvalue weighted by Gasteiger charge is -2.22. The number of benzene rings is 1. The summed E-state index contributed by atoms with van der Waals surface area (Å²) < 4.78 is 13.7. The molecule has 1 aliphatic rings. The van der Waals surface area contributed by atoms with Crippen LogP contribution in [0.1, 0.15) is 35.7 Å². The minimum absolute atomic E-state index is 0.102. The Morgan fingerprint density at radius 1 is 1.58 bits per heavy atom. The molecule has 1 aromatic carbocycles. The summed E-state index contributed by atoms with van der Waals surface area (Å²) in [6.45, 7) is 4.35. The molecule has 0 saturated carbocycles. The molecule has 1 aromatic rings. The van der Waals surface area contributed by atoms with Gasteiger partial charge in [0.25, 0.3) is 5.91 Å². The van der Waals surface area contributed by atoms with E-state index in [0.29, 0.717) is 17.8 Å². The van der Waals surface area contributed by atoms with Gasteiger partial charge in [0.1, 0.15) is 5.82 Å². The molecule has 1 fully saturated rings. The summed E-state index contributed by atoms with van der Waals surface area (Å²) in [7, 11) is 0. The molecule has 1 saturated heterocycles. The number of nitrogen functional groups attached to an aromatic ring is 1. The molecule has 0 radical (unpaired) electrons. The molecule has 1 aliphatic heterocycles. The van der Waals surface area contributed by atoms with Crippen LogP contribution >= 0.6 is 11.8 Å². The Bertz CT molecular complexity index is 475. The molecule has 0 bridgehead atoms. The summed E-state index contributed by atoms with van der Waals surface area (Å²) in [6.07, 6.45) is 2.28. The van der Waals surface area contributed by atoms with E-state index in [0.717, 1.165) is 12.2 Å². The Morgan fingerprint density at radius 3 is 2.89 bits per heavy atom. The lowest BCUT2D eigenvalue weighted by Crippen LogP contribution is -2.36. The smallest absolute Gasteiger partial charge is 0.251 e. The highest BCUT2D eigenvalue weighted by Crippen LogP contribution is 2.37. The molecule has 19 heavy (non-hydrogen) atoms. The molecule has 5 heteroatoms. The van der Waals surface area contributed by atoms with Crippen LogP contribution in [0.15, 0.2) is 12.1 Å². The van der Waals surface area contributed by atoms with Crippen LogP contribution < -0.4 is 11.1 Å². The van der Waals surface area contributed by atoms with Crippen molar-refractivity contribution in [2.75, 3.05) is 18.0 Å². The third-order valence-electron chi connectivity index (χ3n) is 3.57. The van der Waals surface area contributed by atoms with Gasteiger partial charge in [0.05, 0.1) is 0 Å². The van der Waals surface area contributed by atoms with Crippen LogP contribution in [-0.2, 0) is 0 Å². The second-order valence-corrected chi connectivity index (χ2v) is 6.94. The zero-order valence-electron chi connectivity index (χ0n) is 11.3. The molecule has 0 aliphatic carbocycles. The van der Waals surface area contributed by atoms with Crippen LogP contribution in [0, 0.1) is 12.7 Å². The van der Waals surface area contributed by atoms with E-state index in [1.54, 1.807) is 6.92 Å². The Balaban J connectivity index is 2.04. The Hall–Kier alpha value is -1.23. The molecule has 0 spiro atoms. The van der Waals surface area contributed by atoms with Crippen molar-refractivity contribution in [1.82, 2.24) is 5.32 Å². The molecule has 1 heterocycles. The number of nitrogens with two attached hydrogens (primary N) is 1. The molecular weight excluding hydrogens is 263 g/mol. The maximum absolute atomic E-state index is 13.6. The second kappa shape index (κ2) is 5.41. The summed E-state index contributed by atoms with van der Waals surface area (Å²) in [5.41, 5.74) is 6.66. The molecule has 1 unspecified atom stereocenters. The first-order valence-electron chi connectivity index (χ1n) is 6.39. The molecule has 0 aromatic heterocycles. The van der Waals surface area contributed by atoms with E-state index in [1.807, 2.05) is 11.8 Å². The highest BCUT2D eigenvalue weighted by atomic mass is 32.2. The van der Waals surface area contributed by atoms with Gasteiger partial charge in [-0.1, -0.05) is 0 Å². The summed E-state index contributed by atoms with van der Waals surface area (Å²) in [4.78, 5) is 12.0. The number of thioether (sulfide) groups is 1. The lowest BCUT2D eigenvalue weighted by molar-refractivity contribution is 0.0949. The standard InChI is InChI=1S/C14H19FN2OS/c1-9-11(15)6-10(7-12(9)16)13(18)17-8-14(2)4-3-5-19-14/h6-7H,3-5,8,16H2,1-2H3,(H,17,18). The molecule has 2 rings (SSSR count). The molecule has 3 nitrogen and oxygen atoms in total. The van der Waals surface area contributed by atoms with E-state index in [9.17, 15) is 9.18 Å². The van der Waals surface area contributed by atoms with Crippen molar-refractivity contribution in [3.8, 4) is 0 Å². The van der Waals surface area contributed by atoms with E-state index in [2.05, 4.69) is 12.2 Å². The van der Waals surface area contributed by atoms with Crippen LogP contribution in [0.5, 0.6) is 0 Å². The predicted molar refractivity (Wildman–Crippen MR) is 78.0 cm³/mol. The zero-order chi connectivity index (χ0) is 14.0. The van der Waals surface area contributed by atoms with Crippen LogP contribution in [0.2, 0.25) is 0 Å². The summed E-state index contributed by atoms with van der Waals surface area (Å²) in [6, 6.07) is 2.77. The van der Waals surface area contributed by atoms with Gasteiger partial charge in [-0.2, -0.15) is 11.8 Å². The fourth-order valence-corrected chi connectivity index (χ4v) is 3.42. The van der Waals surface area contributed by atoms with Crippen molar-refractivity contribution in [3.63, 3.8) is 0 Å². The van der Waals surface area contributed by atoms with Gasteiger partial charge in [-0.3, -0.25) is 4.79 Å². The van der Waals surface area contributed by atoms with E-state index in [4.69, 9.17) is 5.73 Å². The number of nitrogens with one attached hydrogen (secondary N) is 1. The van der Waals surface area contributed by atoms with Gasteiger partial charge >= 0.3 is 0 Å². The minimum Gasteiger partial charge on any atom is -0.398 e. The third kappa shape index (κ3) is 3.21. The van der Waals surface area contributed by atoms with Gasteiger partial charge in [-0.05, 0) is 44.6 Å². The first-order valence-corrected chi connectivity index (χ1v) is 7.38. The molecule has 1 atom stereocenters. The summed E-state index contributed by atoms with van der Waals surface area (Å²) >= 11 is 1.88. The van der Waals surface area contributed by atoms with Gasteiger partial charge in [0.15, 0.2) is 0 Å². The number of hydrogen-bond donors (Lipinski definition) is 2. The topological polar surface area (TPSA) is 55.1 Å². The van der Waals surface area contributed by atoms with E-state index >= 15 is 0 Å². The van der Waals surface area contributed by atoms with Crippen LogP contribution in [-0.4, -0.2) is 23.0 Å². The fourth-order valence-electron chi connectivity index (χ4n) is 2.18. The molecule has 104 valence electrons. The van der Waals surface area contributed by atoms with Crippen LogP contribution in [0.25, 0.3) is 0 Å². The number of carbonyl (C=O) groups excluding carboxylic acids is 1. The van der Waals surface area contributed by atoms with Crippen LogP contribution in [0.4, 0.5) is 10.1 Å². The highest BCUT2D eigenvalue weighted by molar-refractivity contribution is 8.00. The largest absolute Gasteiger partial charge is 0.398 e. The maximum Gasteiger partial charge on any atom is 0.251 e. The van der Waals surface area contributed by atoms with Gasteiger partial charge in [-0.15, -0.1) is 0 Å². The van der Waals surface area contributed by atoms with Gasteiger partial charge in [-0.25, -0.2) is 4.39 Å². The molecule has 3 N–H and O–H groups in total. The number of carbonyl (C=O) groups is 1. The van der Waals surface area contributed by atoms with Crippen molar-refractivity contribution < 1.29 is 9.18 Å². The van der Waals surface area contributed by atoms with Crippen molar-refractivity contribution >= 4 is 23.4 Å². The highest BCUT2D eigenvalue weighted by Gasteiger charge is 2.29. The number of rotatable bonds is 3. The first kappa shape index (κ1) is 14.2. The number of amides is 1.